The number of hydrogen-bond donors (Lipinski definition) is 1. The van der Waals surface area contributed by atoms with Gasteiger partial charge >= 0.3 is 0 Å². The van der Waals surface area contributed by atoms with Crippen LogP contribution in [0.2, 0.25) is 0 Å². The van der Waals surface area contributed by atoms with Crippen molar-refractivity contribution in [1.29, 1.82) is 0 Å². The minimum Gasteiger partial charge on any atom is -0.353 e. The molecule has 0 bridgehead atoms. The van der Waals surface area contributed by atoms with Gasteiger partial charge in [-0.2, -0.15) is 0 Å². The van der Waals surface area contributed by atoms with Gasteiger partial charge in [0.05, 0.1) is 5.75 Å². The zero-order chi connectivity index (χ0) is 18.6. The molecule has 1 aliphatic heterocycles. The second kappa shape index (κ2) is 8.48. The van der Waals surface area contributed by atoms with Crippen LogP contribution in [0, 0.1) is 11.7 Å². The van der Waals surface area contributed by atoms with Gasteiger partial charge in [0.25, 0.3) is 0 Å². The normalized spacial score (nSPS) is 20.8. The van der Waals surface area contributed by atoms with E-state index in [0.717, 1.165) is 25.7 Å². The second-order valence-corrected chi connectivity index (χ2v) is 9.33. The first-order valence-corrected chi connectivity index (χ1v) is 11.1. The third-order valence-corrected chi connectivity index (χ3v) is 7.29. The molecule has 2 aliphatic rings. The SMILES string of the molecule is O=C(NC1CCCCC1)C1CCN(S(=O)(=O)Cc2ccccc2F)CC1. The van der Waals surface area contributed by atoms with E-state index in [9.17, 15) is 17.6 Å². The van der Waals surface area contributed by atoms with E-state index in [0.29, 0.717) is 25.9 Å². The van der Waals surface area contributed by atoms with E-state index in [-0.39, 0.29) is 29.2 Å². The Balaban J connectivity index is 1.52. The molecule has 26 heavy (non-hydrogen) atoms. The highest BCUT2D eigenvalue weighted by Gasteiger charge is 2.32. The molecule has 7 heteroatoms. The highest BCUT2D eigenvalue weighted by Crippen LogP contribution is 2.24. The molecule has 1 aromatic carbocycles. The van der Waals surface area contributed by atoms with Crippen molar-refractivity contribution in [2.24, 2.45) is 5.92 Å². The number of carbonyl (C=O) groups excluding carboxylic acids is 1. The van der Waals surface area contributed by atoms with Crippen LogP contribution in [0.15, 0.2) is 24.3 Å². The highest BCUT2D eigenvalue weighted by atomic mass is 32.2. The summed E-state index contributed by atoms with van der Waals surface area (Å²) < 4.78 is 40.3. The first-order valence-electron chi connectivity index (χ1n) is 9.47. The molecule has 0 spiro atoms. The third kappa shape index (κ3) is 4.82. The van der Waals surface area contributed by atoms with Crippen LogP contribution in [0.4, 0.5) is 4.39 Å². The van der Waals surface area contributed by atoms with Gasteiger partial charge in [0.1, 0.15) is 5.82 Å². The quantitative estimate of drug-likeness (QED) is 0.852. The van der Waals surface area contributed by atoms with Gasteiger partial charge in [0, 0.05) is 30.6 Å². The summed E-state index contributed by atoms with van der Waals surface area (Å²) in [6.07, 6.45) is 6.70. The van der Waals surface area contributed by atoms with Crippen LogP contribution in [-0.4, -0.2) is 37.8 Å². The van der Waals surface area contributed by atoms with Crippen LogP contribution < -0.4 is 5.32 Å². The Labute approximate surface area is 155 Å². The lowest BCUT2D eigenvalue weighted by atomic mass is 9.93. The molecule has 1 heterocycles. The molecule has 0 atom stereocenters. The maximum Gasteiger partial charge on any atom is 0.223 e. The van der Waals surface area contributed by atoms with Gasteiger partial charge in [-0.3, -0.25) is 4.79 Å². The molecule has 1 saturated heterocycles. The molecule has 1 saturated carbocycles. The molecule has 1 amide bonds. The Hall–Kier alpha value is -1.47. The van der Waals surface area contributed by atoms with Gasteiger partial charge < -0.3 is 5.32 Å². The number of amides is 1. The lowest BCUT2D eigenvalue weighted by Crippen LogP contribution is -2.46. The predicted molar refractivity (Wildman–Crippen MR) is 98.3 cm³/mol. The van der Waals surface area contributed by atoms with Crippen molar-refractivity contribution in [3.8, 4) is 0 Å². The van der Waals surface area contributed by atoms with E-state index in [1.54, 1.807) is 12.1 Å². The van der Waals surface area contributed by atoms with Crippen molar-refractivity contribution in [1.82, 2.24) is 9.62 Å². The van der Waals surface area contributed by atoms with Gasteiger partial charge in [-0.1, -0.05) is 37.5 Å². The summed E-state index contributed by atoms with van der Waals surface area (Å²) in [5.74, 6) is -0.906. The Morgan fingerprint density at radius 3 is 2.38 bits per heavy atom. The minimum atomic E-state index is -3.57. The summed E-state index contributed by atoms with van der Waals surface area (Å²) in [6, 6.07) is 6.22. The third-order valence-electron chi connectivity index (χ3n) is 5.47. The number of piperidine rings is 1. The highest BCUT2D eigenvalue weighted by molar-refractivity contribution is 7.88. The van der Waals surface area contributed by atoms with Crippen LogP contribution in [0.25, 0.3) is 0 Å². The monoisotopic (exact) mass is 382 g/mol. The first kappa shape index (κ1) is 19.3. The van der Waals surface area contributed by atoms with Crippen molar-refractivity contribution in [3.63, 3.8) is 0 Å². The molecule has 5 nitrogen and oxygen atoms in total. The van der Waals surface area contributed by atoms with Crippen molar-refractivity contribution < 1.29 is 17.6 Å². The number of rotatable bonds is 5. The summed E-state index contributed by atoms with van der Waals surface area (Å²) >= 11 is 0. The number of nitrogens with zero attached hydrogens (tertiary/aromatic N) is 1. The fourth-order valence-corrected chi connectivity index (χ4v) is 5.44. The maximum atomic E-state index is 13.7. The average molecular weight is 383 g/mol. The second-order valence-electron chi connectivity index (χ2n) is 7.36. The van der Waals surface area contributed by atoms with Gasteiger partial charge in [0.2, 0.25) is 15.9 Å². The smallest absolute Gasteiger partial charge is 0.223 e. The molecule has 1 aliphatic carbocycles. The molecule has 2 fully saturated rings. The summed E-state index contributed by atoms with van der Waals surface area (Å²) in [5.41, 5.74) is 0.185. The largest absolute Gasteiger partial charge is 0.353 e. The number of nitrogens with one attached hydrogen (secondary N) is 1. The van der Waals surface area contributed by atoms with E-state index in [4.69, 9.17) is 0 Å². The zero-order valence-electron chi connectivity index (χ0n) is 15.0. The lowest BCUT2D eigenvalue weighted by Gasteiger charge is -2.32. The summed E-state index contributed by atoms with van der Waals surface area (Å²) in [6.45, 7) is 0.638. The zero-order valence-corrected chi connectivity index (χ0v) is 15.8. The van der Waals surface area contributed by atoms with Crippen LogP contribution in [0.5, 0.6) is 0 Å². The fourth-order valence-electron chi connectivity index (χ4n) is 3.87. The van der Waals surface area contributed by atoms with Crippen molar-refractivity contribution >= 4 is 15.9 Å². The molecule has 3 rings (SSSR count). The molecule has 144 valence electrons. The van der Waals surface area contributed by atoms with Gasteiger partial charge in [-0.05, 0) is 31.7 Å². The first-order chi connectivity index (χ1) is 12.5. The standard InChI is InChI=1S/C19H27FN2O3S/c20-18-9-5-4-6-16(18)14-26(24,25)22-12-10-15(11-13-22)19(23)21-17-7-2-1-3-8-17/h4-6,9,15,17H,1-3,7-8,10-14H2,(H,21,23). The molecule has 0 unspecified atom stereocenters. The van der Waals surface area contributed by atoms with E-state index in [1.165, 1.54) is 22.9 Å². The Morgan fingerprint density at radius 2 is 1.73 bits per heavy atom. The number of halogens is 1. The van der Waals surface area contributed by atoms with Crippen molar-refractivity contribution in [2.45, 2.75) is 56.7 Å². The topological polar surface area (TPSA) is 66.5 Å². The van der Waals surface area contributed by atoms with Crippen LogP contribution in [0.1, 0.15) is 50.5 Å². The summed E-state index contributed by atoms with van der Waals surface area (Å²) in [7, 11) is -3.57. The van der Waals surface area contributed by atoms with Crippen molar-refractivity contribution in [2.75, 3.05) is 13.1 Å². The Bertz CT molecular complexity index is 724. The molecule has 0 radical (unpaired) electrons. The molecule has 0 aromatic heterocycles. The van der Waals surface area contributed by atoms with Crippen LogP contribution in [0.3, 0.4) is 0 Å². The van der Waals surface area contributed by atoms with E-state index in [1.807, 2.05) is 0 Å². The summed E-state index contributed by atoms with van der Waals surface area (Å²) in [5, 5.41) is 3.13. The lowest BCUT2D eigenvalue weighted by molar-refractivity contribution is -0.127. The Morgan fingerprint density at radius 1 is 1.08 bits per heavy atom. The van der Waals surface area contributed by atoms with Gasteiger partial charge in [-0.15, -0.1) is 0 Å². The van der Waals surface area contributed by atoms with Gasteiger partial charge in [0.15, 0.2) is 0 Å². The number of carbonyl (C=O) groups is 1. The van der Waals surface area contributed by atoms with E-state index in [2.05, 4.69) is 5.32 Å². The molecular formula is C19H27FN2O3S. The van der Waals surface area contributed by atoms with Crippen LogP contribution in [-0.2, 0) is 20.6 Å². The maximum absolute atomic E-state index is 13.7. The molecular weight excluding hydrogens is 355 g/mol. The van der Waals surface area contributed by atoms with E-state index >= 15 is 0 Å². The Kier molecular flexibility index (Phi) is 6.29. The summed E-state index contributed by atoms with van der Waals surface area (Å²) in [4.78, 5) is 12.4. The molecule has 1 aromatic rings. The number of hydrogen-bond acceptors (Lipinski definition) is 3. The number of sulfonamides is 1. The number of benzene rings is 1. The fraction of sp³-hybridized carbons (Fsp3) is 0.632. The van der Waals surface area contributed by atoms with Crippen LogP contribution >= 0.6 is 0 Å². The van der Waals surface area contributed by atoms with Gasteiger partial charge in [-0.25, -0.2) is 17.1 Å². The average Bonchev–Trinajstić information content (AvgIpc) is 2.64. The van der Waals surface area contributed by atoms with E-state index < -0.39 is 15.8 Å². The van der Waals surface area contributed by atoms with Crippen molar-refractivity contribution in [3.05, 3.63) is 35.6 Å². The predicted octanol–water partition coefficient (Wildman–Crippen LogP) is 2.82. The molecule has 1 N–H and O–H groups in total. The minimum absolute atomic E-state index is 0.0584.